The van der Waals surface area contributed by atoms with E-state index in [1.165, 1.54) is 32.2 Å². The molecule has 1 heterocycles. The van der Waals surface area contributed by atoms with Gasteiger partial charge in [-0.1, -0.05) is 12.1 Å². The maximum atomic E-state index is 13.6. The number of carbonyl (C=O) groups excluding carboxylic acids is 3. The van der Waals surface area contributed by atoms with Crippen LogP contribution in [0.25, 0.3) is 0 Å². The number of ether oxygens (including phenoxy) is 3. The number of hydrogen-bond donors (Lipinski definition) is 5. The number of hydrogen-bond acceptors (Lipinski definition) is 11. The van der Waals surface area contributed by atoms with Crippen molar-refractivity contribution in [2.75, 3.05) is 7.11 Å². The van der Waals surface area contributed by atoms with Crippen LogP contribution in [0.15, 0.2) is 18.2 Å². The molecule has 38 heavy (non-hydrogen) atoms. The molecule has 3 aliphatic rings. The van der Waals surface area contributed by atoms with Crippen LogP contribution in [-0.4, -0.2) is 75.0 Å². The van der Waals surface area contributed by atoms with Crippen molar-refractivity contribution in [1.29, 1.82) is 0 Å². The highest BCUT2D eigenvalue weighted by atomic mass is 16.7. The third-order valence-electron chi connectivity index (χ3n) is 7.80. The highest BCUT2D eigenvalue weighted by Crippen LogP contribution is 2.52. The van der Waals surface area contributed by atoms with Gasteiger partial charge in [-0.05, 0) is 19.9 Å². The van der Waals surface area contributed by atoms with E-state index in [9.17, 15) is 34.8 Å². The fourth-order valence-electron chi connectivity index (χ4n) is 5.66. The van der Waals surface area contributed by atoms with Gasteiger partial charge in [-0.3, -0.25) is 14.4 Å². The fraction of sp³-hybridized carbons (Fsp3) is 0.444. The van der Waals surface area contributed by atoms with Crippen LogP contribution in [0.4, 0.5) is 0 Å². The average Bonchev–Trinajstić information content (AvgIpc) is 2.87. The molecule has 11 nitrogen and oxygen atoms in total. The van der Waals surface area contributed by atoms with E-state index in [4.69, 9.17) is 19.9 Å². The van der Waals surface area contributed by atoms with E-state index in [1.54, 1.807) is 6.92 Å². The molecule has 1 aliphatic heterocycles. The second-order valence-corrected chi connectivity index (χ2v) is 10.1. The molecule has 2 aromatic rings. The Morgan fingerprint density at radius 2 is 1.82 bits per heavy atom. The Hall–Kier alpha value is -3.35. The number of nitrogens with two attached hydrogens (primary N) is 1. The molecule has 6 N–H and O–H groups in total. The molecular formula is C27H29NO10. The first-order valence-electron chi connectivity index (χ1n) is 12.2. The summed E-state index contributed by atoms with van der Waals surface area (Å²) in [5.41, 5.74) is 2.97. The van der Waals surface area contributed by atoms with Gasteiger partial charge in [0.1, 0.15) is 22.8 Å². The van der Waals surface area contributed by atoms with Crippen LogP contribution in [0, 0.1) is 0 Å². The second-order valence-electron chi connectivity index (χ2n) is 10.1. The van der Waals surface area contributed by atoms with Crippen LogP contribution in [0.2, 0.25) is 0 Å². The summed E-state index contributed by atoms with van der Waals surface area (Å²) in [6, 6.07) is 3.75. The lowest BCUT2D eigenvalue weighted by Gasteiger charge is -2.42. The number of phenolic OH excluding ortho intramolecular Hbond substituents is 2. The van der Waals surface area contributed by atoms with E-state index in [2.05, 4.69) is 0 Å². The Balaban J connectivity index is 1.68. The average molecular weight is 528 g/mol. The van der Waals surface area contributed by atoms with Crippen molar-refractivity contribution in [3.8, 4) is 17.2 Å². The van der Waals surface area contributed by atoms with Crippen molar-refractivity contribution in [3.63, 3.8) is 0 Å². The lowest BCUT2D eigenvalue weighted by Crippen LogP contribution is -2.52. The molecule has 202 valence electrons. The first kappa shape index (κ1) is 26.3. The van der Waals surface area contributed by atoms with Gasteiger partial charge < -0.3 is 40.4 Å². The number of phenols is 2. The summed E-state index contributed by atoms with van der Waals surface area (Å²) in [5.74, 6) is -3.18. The van der Waals surface area contributed by atoms with E-state index in [0.717, 1.165) is 0 Å². The predicted molar refractivity (Wildman–Crippen MR) is 130 cm³/mol. The lowest BCUT2D eigenvalue weighted by molar-refractivity contribution is -0.247. The van der Waals surface area contributed by atoms with Gasteiger partial charge in [0.25, 0.3) is 0 Å². The summed E-state index contributed by atoms with van der Waals surface area (Å²) in [5, 5.41) is 44.1. The van der Waals surface area contributed by atoms with Crippen LogP contribution >= 0.6 is 0 Å². The Morgan fingerprint density at radius 3 is 2.45 bits per heavy atom. The molecule has 11 heteroatoms. The number of rotatable bonds is 4. The van der Waals surface area contributed by atoms with Crippen molar-refractivity contribution in [1.82, 2.24) is 0 Å². The van der Waals surface area contributed by atoms with Crippen LogP contribution < -0.4 is 10.5 Å². The zero-order valence-electron chi connectivity index (χ0n) is 21.1. The molecule has 1 saturated heterocycles. The first-order valence-corrected chi connectivity index (χ1v) is 12.2. The monoisotopic (exact) mass is 527 g/mol. The summed E-state index contributed by atoms with van der Waals surface area (Å²) < 4.78 is 17.1. The quantitative estimate of drug-likeness (QED) is 0.305. The summed E-state index contributed by atoms with van der Waals surface area (Å²) in [6.45, 7) is 2.79. The van der Waals surface area contributed by atoms with E-state index in [1.807, 2.05) is 0 Å². The van der Waals surface area contributed by atoms with Crippen molar-refractivity contribution in [2.24, 2.45) is 5.73 Å². The Morgan fingerprint density at radius 1 is 1.13 bits per heavy atom. The molecule has 0 saturated carbocycles. The van der Waals surface area contributed by atoms with Gasteiger partial charge in [0, 0.05) is 42.0 Å². The normalized spacial score (nSPS) is 30.3. The van der Waals surface area contributed by atoms with Crippen molar-refractivity contribution >= 4 is 17.3 Å². The molecule has 2 aromatic carbocycles. The Bertz CT molecular complexity index is 1360. The first-order chi connectivity index (χ1) is 17.9. The van der Waals surface area contributed by atoms with Gasteiger partial charge in [0.2, 0.25) is 5.78 Å². The van der Waals surface area contributed by atoms with Gasteiger partial charge in [-0.2, -0.15) is 0 Å². The maximum Gasteiger partial charge on any atom is 0.202 e. The zero-order chi connectivity index (χ0) is 27.7. The van der Waals surface area contributed by atoms with Gasteiger partial charge in [-0.15, -0.1) is 0 Å². The Kier molecular flexibility index (Phi) is 6.32. The molecule has 0 radical (unpaired) electrons. The molecule has 5 rings (SSSR count). The van der Waals surface area contributed by atoms with Gasteiger partial charge >= 0.3 is 0 Å². The number of aliphatic hydroxyl groups excluding tert-OH is 1. The molecule has 0 spiro atoms. The smallest absolute Gasteiger partial charge is 0.202 e. The number of benzene rings is 2. The number of aliphatic hydroxyl groups is 2. The minimum Gasteiger partial charge on any atom is -0.507 e. The van der Waals surface area contributed by atoms with E-state index < -0.39 is 82.6 Å². The molecule has 6 atom stereocenters. The topological polar surface area (TPSA) is 186 Å². The summed E-state index contributed by atoms with van der Waals surface area (Å²) in [4.78, 5) is 39.6. The maximum absolute atomic E-state index is 13.6. The van der Waals surface area contributed by atoms with Crippen LogP contribution in [0.3, 0.4) is 0 Å². The summed E-state index contributed by atoms with van der Waals surface area (Å²) in [6.07, 6.45) is -4.53. The molecule has 0 bridgehead atoms. The summed E-state index contributed by atoms with van der Waals surface area (Å²) >= 11 is 0. The Labute approximate surface area is 217 Å². The lowest BCUT2D eigenvalue weighted by atomic mass is 9.72. The third-order valence-corrected chi connectivity index (χ3v) is 7.80. The fourth-order valence-corrected chi connectivity index (χ4v) is 5.66. The van der Waals surface area contributed by atoms with Crippen molar-refractivity contribution in [3.05, 3.63) is 51.6 Å². The summed E-state index contributed by atoms with van der Waals surface area (Å²) in [7, 11) is 1.34. The second kappa shape index (κ2) is 9.14. The highest BCUT2D eigenvalue weighted by molar-refractivity contribution is 6.31. The van der Waals surface area contributed by atoms with Gasteiger partial charge in [-0.25, -0.2) is 0 Å². The zero-order valence-corrected chi connectivity index (χ0v) is 21.1. The molecule has 4 unspecified atom stereocenters. The van der Waals surface area contributed by atoms with Gasteiger partial charge in [0.15, 0.2) is 17.9 Å². The van der Waals surface area contributed by atoms with Crippen molar-refractivity contribution < 1.29 is 49.0 Å². The van der Waals surface area contributed by atoms with Gasteiger partial charge in [0.05, 0.1) is 42.1 Å². The van der Waals surface area contributed by atoms with Crippen LogP contribution in [0.5, 0.6) is 17.2 Å². The number of Topliss-reactive ketones (excluding diaryl/α,β-unsaturated/α-hetero) is 1. The number of carbonyl (C=O) groups is 3. The SMILES string of the molecule is COc1cccc2c1C(=O)c1c(O)c3c(c(O)c1C2=O)CC(O)(C(C)=O)CC3OC1C[C@H](N)[C@@H](O)C(C)O1. The van der Waals surface area contributed by atoms with E-state index >= 15 is 0 Å². The highest BCUT2D eigenvalue weighted by Gasteiger charge is 2.49. The molecular weight excluding hydrogens is 498 g/mol. The largest absolute Gasteiger partial charge is 0.507 e. The van der Waals surface area contributed by atoms with E-state index in [-0.39, 0.29) is 40.8 Å². The number of aromatic hydroxyl groups is 2. The standard InChI is InChI=1S/C27H29NO10/c1-10-22(30)14(28)7-17(37-10)38-16-9-27(35,11(2)29)8-13-19(16)26(34)21-20(24(13)32)23(31)12-5-4-6-15(36-3)18(12)25(21)33/h4-6,10,14,16-17,22,30,32,34-35H,7-9,28H2,1-3H3/t10?,14-,16?,17?,22-,27?/m0/s1. The number of fused-ring (bicyclic) bond motifs is 3. The minimum absolute atomic E-state index is 0.0147. The number of ketones is 3. The van der Waals surface area contributed by atoms with E-state index in [0.29, 0.717) is 0 Å². The molecule has 2 aliphatic carbocycles. The molecule has 0 amide bonds. The van der Waals surface area contributed by atoms with Crippen LogP contribution in [0.1, 0.15) is 75.8 Å². The third kappa shape index (κ3) is 3.81. The van der Waals surface area contributed by atoms with Crippen molar-refractivity contribution in [2.45, 2.75) is 69.4 Å². The van der Waals surface area contributed by atoms with Crippen LogP contribution in [-0.2, 0) is 20.7 Å². The number of methoxy groups -OCH3 is 1. The minimum atomic E-state index is -2.00. The molecule has 1 fully saturated rings. The molecule has 0 aromatic heterocycles. The predicted octanol–water partition coefficient (Wildman–Crippen LogP) is 1.03.